The summed E-state index contributed by atoms with van der Waals surface area (Å²) in [7, 11) is -3.43. The van der Waals surface area contributed by atoms with E-state index in [1.54, 1.807) is 12.1 Å². The number of hydrogen-bond donors (Lipinski definition) is 1. The second-order valence-corrected chi connectivity index (χ2v) is 9.18. The summed E-state index contributed by atoms with van der Waals surface area (Å²) in [5.74, 6) is 0.636. The van der Waals surface area contributed by atoms with Gasteiger partial charge in [0.05, 0.1) is 11.4 Å². The van der Waals surface area contributed by atoms with Gasteiger partial charge in [-0.05, 0) is 51.0 Å². The van der Waals surface area contributed by atoms with Gasteiger partial charge in [0, 0.05) is 37.1 Å². The Bertz CT molecular complexity index is 1090. The van der Waals surface area contributed by atoms with E-state index in [2.05, 4.69) is 15.4 Å². The minimum atomic E-state index is -3.43. The molecule has 2 aromatic heterocycles. The Balaban J connectivity index is 1.48. The minimum Gasteiger partial charge on any atom is -0.366 e. The second kappa shape index (κ2) is 7.96. The Morgan fingerprint density at radius 3 is 2.41 bits per heavy atom. The number of hydrogen-bond acceptors (Lipinski definition) is 5. The summed E-state index contributed by atoms with van der Waals surface area (Å²) >= 11 is 0. The lowest BCUT2D eigenvalue weighted by Crippen LogP contribution is -2.27. The highest BCUT2D eigenvalue weighted by molar-refractivity contribution is 7.89. The van der Waals surface area contributed by atoms with Crippen molar-refractivity contribution in [1.29, 1.82) is 0 Å². The Morgan fingerprint density at radius 1 is 1.03 bits per heavy atom. The third-order valence-electron chi connectivity index (χ3n) is 5.33. The van der Waals surface area contributed by atoms with Crippen LogP contribution in [0.15, 0.2) is 53.6 Å². The molecule has 1 aliphatic rings. The fourth-order valence-corrected chi connectivity index (χ4v) is 5.11. The van der Waals surface area contributed by atoms with Crippen molar-refractivity contribution in [2.75, 3.05) is 18.4 Å². The third-order valence-corrected chi connectivity index (χ3v) is 7.21. The average Bonchev–Trinajstić information content (AvgIpc) is 3.37. The average molecular weight is 412 g/mol. The van der Waals surface area contributed by atoms with E-state index in [0.717, 1.165) is 35.5 Å². The molecule has 29 heavy (non-hydrogen) atoms. The van der Waals surface area contributed by atoms with Crippen molar-refractivity contribution in [3.05, 3.63) is 65.6 Å². The topological polar surface area (TPSA) is 80.1 Å². The Hall–Kier alpha value is -2.71. The molecule has 4 rings (SSSR count). The molecule has 0 amide bonds. The van der Waals surface area contributed by atoms with Crippen molar-refractivity contribution in [1.82, 2.24) is 19.1 Å². The maximum absolute atomic E-state index is 12.6. The quantitative estimate of drug-likeness (QED) is 0.673. The summed E-state index contributed by atoms with van der Waals surface area (Å²) in [6.07, 6.45) is 3.27. The number of aromatic nitrogens is 3. The molecule has 0 spiro atoms. The van der Waals surface area contributed by atoms with E-state index in [-0.39, 0.29) is 4.90 Å². The Labute approximate surface area is 171 Å². The molecule has 1 aromatic carbocycles. The summed E-state index contributed by atoms with van der Waals surface area (Å²) < 4.78 is 28.7. The van der Waals surface area contributed by atoms with E-state index >= 15 is 0 Å². The van der Waals surface area contributed by atoms with Crippen LogP contribution in [0.3, 0.4) is 0 Å². The number of anilines is 1. The monoisotopic (exact) mass is 411 g/mol. The van der Waals surface area contributed by atoms with Gasteiger partial charge in [-0.15, -0.1) is 0 Å². The lowest BCUT2D eigenvalue weighted by molar-refractivity contribution is 0.477. The largest absolute Gasteiger partial charge is 0.366 e. The van der Waals surface area contributed by atoms with Crippen LogP contribution in [0.1, 0.15) is 29.8 Å². The fourth-order valence-electron chi connectivity index (χ4n) is 3.65. The van der Waals surface area contributed by atoms with Gasteiger partial charge in [0.25, 0.3) is 0 Å². The molecule has 1 saturated heterocycles. The van der Waals surface area contributed by atoms with Crippen LogP contribution < -0.4 is 5.32 Å². The van der Waals surface area contributed by atoms with Crippen molar-refractivity contribution in [2.24, 2.45) is 0 Å². The van der Waals surface area contributed by atoms with Crippen LogP contribution in [0.25, 0.3) is 5.69 Å². The van der Waals surface area contributed by atoms with Crippen LogP contribution in [0.2, 0.25) is 0 Å². The predicted molar refractivity (Wildman–Crippen MR) is 113 cm³/mol. The summed E-state index contributed by atoms with van der Waals surface area (Å²) in [4.78, 5) is 4.56. The molecule has 3 heterocycles. The molecule has 0 bridgehead atoms. The first-order valence-corrected chi connectivity index (χ1v) is 11.2. The smallest absolute Gasteiger partial charge is 0.244 e. The van der Waals surface area contributed by atoms with E-state index < -0.39 is 10.0 Å². The van der Waals surface area contributed by atoms with Crippen LogP contribution >= 0.6 is 0 Å². The van der Waals surface area contributed by atoms with Crippen molar-refractivity contribution >= 4 is 15.8 Å². The van der Waals surface area contributed by atoms with Crippen LogP contribution in [-0.4, -0.2) is 40.6 Å². The van der Waals surface area contributed by atoms with Crippen LogP contribution in [0.4, 0.5) is 5.82 Å². The highest BCUT2D eigenvalue weighted by Crippen LogP contribution is 2.22. The Kier molecular flexibility index (Phi) is 5.38. The summed E-state index contributed by atoms with van der Waals surface area (Å²) in [5.41, 5.74) is 4.14. The molecule has 0 atom stereocenters. The van der Waals surface area contributed by atoms with Gasteiger partial charge >= 0.3 is 0 Å². The summed E-state index contributed by atoms with van der Waals surface area (Å²) in [6, 6.07) is 13.4. The number of benzene rings is 1. The van der Waals surface area contributed by atoms with Gasteiger partial charge in [0.2, 0.25) is 10.0 Å². The van der Waals surface area contributed by atoms with Crippen molar-refractivity contribution in [2.45, 2.75) is 38.1 Å². The number of pyridine rings is 1. The molecule has 0 saturated carbocycles. The molecule has 0 aliphatic carbocycles. The molecule has 152 valence electrons. The predicted octanol–water partition coefficient (Wildman–Crippen LogP) is 3.28. The number of para-hydroxylation sites is 1. The second-order valence-electron chi connectivity index (χ2n) is 7.24. The van der Waals surface area contributed by atoms with Gasteiger partial charge in [-0.25, -0.2) is 18.1 Å². The summed E-state index contributed by atoms with van der Waals surface area (Å²) in [6.45, 7) is 5.78. The molecule has 3 aromatic rings. The first-order chi connectivity index (χ1) is 14.0. The third kappa shape index (κ3) is 3.90. The molecular weight excluding hydrogens is 386 g/mol. The van der Waals surface area contributed by atoms with Crippen LogP contribution in [0, 0.1) is 13.8 Å². The van der Waals surface area contributed by atoms with E-state index in [4.69, 9.17) is 0 Å². The maximum Gasteiger partial charge on any atom is 0.244 e. The molecule has 0 unspecified atom stereocenters. The van der Waals surface area contributed by atoms with Gasteiger partial charge < -0.3 is 5.32 Å². The summed E-state index contributed by atoms with van der Waals surface area (Å²) in [5, 5.41) is 7.94. The minimum absolute atomic E-state index is 0.245. The van der Waals surface area contributed by atoms with E-state index in [9.17, 15) is 8.42 Å². The number of sulfonamides is 1. The standard InChI is InChI=1S/C21H25N5O2S/c1-16-20(17(2)26(24-16)18-8-4-3-5-9-18)15-23-21-11-10-19(14-22-21)29(27,28)25-12-6-7-13-25/h3-5,8-11,14H,6-7,12-13,15H2,1-2H3,(H,22,23). The van der Waals surface area contributed by atoms with Crippen molar-refractivity contribution in [3.8, 4) is 5.69 Å². The SMILES string of the molecule is Cc1nn(-c2ccccc2)c(C)c1CNc1ccc(S(=O)(=O)N2CCCC2)cn1. The van der Waals surface area contributed by atoms with E-state index in [0.29, 0.717) is 25.5 Å². The van der Waals surface area contributed by atoms with Gasteiger partial charge in [-0.1, -0.05) is 18.2 Å². The van der Waals surface area contributed by atoms with E-state index in [1.165, 1.54) is 10.5 Å². The molecule has 1 aliphatic heterocycles. The highest BCUT2D eigenvalue weighted by atomic mass is 32.2. The fraction of sp³-hybridized carbons (Fsp3) is 0.333. The normalized spacial score (nSPS) is 15.0. The van der Waals surface area contributed by atoms with E-state index in [1.807, 2.05) is 48.9 Å². The zero-order chi connectivity index (χ0) is 20.4. The number of nitrogens with zero attached hydrogens (tertiary/aromatic N) is 4. The molecule has 7 nitrogen and oxygen atoms in total. The zero-order valence-corrected chi connectivity index (χ0v) is 17.5. The molecule has 0 radical (unpaired) electrons. The Morgan fingerprint density at radius 2 is 1.76 bits per heavy atom. The van der Waals surface area contributed by atoms with Crippen LogP contribution in [0.5, 0.6) is 0 Å². The van der Waals surface area contributed by atoms with Gasteiger partial charge in [0.1, 0.15) is 10.7 Å². The molecule has 1 N–H and O–H groups in total. The van der Waals surface area contributed by atoms with Gasteiger partial charge in [0.15, 0.2) is 0 Å². The maximum atomic E-state index is 12.6. The van der Waals surface area contributed by atoms with Crippen molar-refractivity contribution < 1.29 is 8.42 Å². The zero-order valence-electron chi connectivity index (χ0n) is 16.7. The number of nitrogens with one attached hydrogen (secondary N) is 1. The van der Waals surface area contributed by atoms with Gasteiger partial charge in [-0.3, -0.25) is 0 Å². The highest BCUT2D eigenvalue weighted by Gasteiger charge is 2.27. The first-order valence-electron chi connectivity index (χ1n) is 9.77. The number of aryl methyl sites for hydroxylation is 1. The molecule has 1 fully saturated rings. The van der Waals surface area contributed by atoms with Crippen molar-refractivity contribution in [3.63, 3.8) is 0 Å². The first kappa shape index (κ1) is 19.6. The van der Waals surface area contributed by atoms with Crippen LogP contribution in [-0.2, 0) is 16.6 Å². The molecular formula is C21H25N5O2S. The van der Waals surface area contributed by atoms with Gasteiger partial charge in [-0.2, -0.15) is 9.40 Å². The number of rotatable bonds is 6. The molecule has 8 heteroatoms. The lowest BCUT2D eigenvalue weighted by Gasteiger charge is -2.15. The lowest BCUT2D eigenvalue weighted by atomic mass is 10.2.